The van der Waals surface area contributed by atoms with Gasteiger partial charge in [-0.15, -0.1) is 0 Å². The maximum atomic E-state index is 5.29. The number of nitrogens with zero attached hydrogens (tertiary/aromatic N) is 3. The van der Waals surface area contributed by atoms with E-state index in [4.69, 9.17) is 4.52 Å². The fraction of sp³-hybridized carbons (Fsp3) is 0.348. The maximum Gasteiger partial charge on any atom is 0.228 e. The Balaban J connectivity index is 1.57. The molecule has 2 aromatic carbocycles. The van der Waals surface area contributed by atoms with Crippen LogP contribution in [0.4, 0.5) is 0 Å². The van der Waals surface area contributed by atoms with Crippen LogP contribution >= 0.6 is 0 Å². The van der Waals surface area contributed by atoms with Crippen molar-refractivity contribution in [2.45, 2.75) is 32.1 Å². The fourth-order valence-electron chi connectivity index (χ4n) is 3.11. The zero-order valence-corrected chi connectivity index (χ0v) is 17.3. The first-order valence-corrected chi connectivity index (χ1v) is 10.0. The molecule has 6 heteroatoms. The van der Waals surface area contributed by atoms with Crippen LogP contribution in [0.15, 0.2) is 70.2 Å². The van der Waals surface area contributed by atoms with E-state index in [1.165, 1.54) is 11.1 Å². The number of guanidine groups is 1. The van der Waals surface area contributed by atoms with E-state index < -0.39 is 0 Å². The van der Waals surface area contributed by atoms with Crippen molar-refractivity contribution in [3.63, 3.8) is 0 Å². The SMILES string of the molecule is CN=C(NCCc1nc(C(C)C)no1)NCC(c1ccccc1)c1ccccc1. The Morgan fingerprint density at radius 1 is 0.966 bits per heavy atom. The van der Waals surface area contributed by atoms with Crippen LogP contribution in [0.2, 0.25) is 0 Å². The standard InChI is InChI=1S/C23H29N5O/c1-17(2)22-27-21(29-28-22)14-15-25-23(24-3)26-16-20(18-10-6-4-7-11-18)19-12-8-5-9-13-19/h4-13,17,20H,14-16H2,1-3H3,(H2,24,25,26). The molecule has 0 saturated heterocycles. The third kappa shape index (κ3) is 5.91. The Hall–Kier alpha value is -3.15. The first kappa shape index (κ1) is 20.6. The van der Waals surface area contributed by atoms with Crippen molar-refractivity contribution in [3.8, 4) is 0 Å². The summed E-state index contributed by atoms with van der Waals surface area (Å²) in [4.78, 5) is 8.75. The highest BCUT2D eigenvalue weighted by Gasteiger charge is 2.15. The molecule has 6 nitrogen and oxygen atoms in total. The molecule has 3 rings (SSSR count). The molecule has 29 heavy (non-hydrogen) atoms. The van der Waals surface area contributed by atoms with Gasteiger partial charge in [-0.05, 0) is 11.1 Å². The summed E-state index contributed by atoms with van der Waals surface area (Å²) in [6.45, 7) is 5.51. The first-order chi connectivity index (χ1) is 14.2. The molecule has 0 aliphatic rings. The van der Waals surface area contributed by atoms with Crippen LogP contribution in [-0.4, -0.2) is 36.2 Å². The Morgan fingerprint density at radius 2 is 1.59 bits per heavy atom. The van der Waals surface area contributed by atoms with E-state index in [9.17, 15) is 0 Å². The molecule has 0 fully saturated rings. The molecule has 1 aromatic heterocycles. The van der Waals surface area contributed by atoms with E-state index >= 15 is 0 Å². The highest BCUT2D eigenvalue weighted by atomic mass is 16.5. The summed E-state index contributed by atoms with van der Waals surface area (Å²) in [5.74, 6) is 2.65. The molecule has 0 amide bonds. The van der Waals surface area contributed by atoms with E-state index in [-0.39, 0.29) is 11.8 Å². The number of nitrogens with one attached hydrogen (secondary N) is 2. The lowest BCUT2D eigenvalue weighted by molar-refractivity contribution is 0.371. The molecule has 0 radical (unpaired) electrons. The van der Waals surface area contributed by atoms with Gasteiger partial charge in [-0.25, -0.2) is 0 Å². The minimum Gasteiger partial charge on any atom is -0.356 e. The van der Waals surface area contributed by atoms with Crippen molar-refractivity contribution in [1.29, 1.82) is 0 Å². The Bertz CT molecular complexity index is 850. The van der Waals surface area contributed by atoms with E-state index in [0.717, 1.165) is 18.3 Å². The molecule has 0 unspecified atom stereocenters. The number of hydrogen-bond donors (Lipinski definition) is 2. The van der Waals surface area contributed by atoms with Crippen molar-refractivity contribution < 1.29 is 4.52 Å². The van der Waals surface area contributed by atoms with Gasteiger partial charge in [0.25, 0.3) is 0 Å². The van der Waals surface area contributed by atoms with Gasteiger partial charge in [-0.1, -0.05) is 79.7 Å². The average molecular weight is 392 g/mol. The van der Waals surface area contributed by atoms with Gasteiger partial charge >= 0.3 is 0 Å². The van der Waals surface area contributed by atoms with Gasteiger partial charge in [0, 0.05) is 38.4 Å². The van der Waals surface area contributed by atoms with Gasteiger partial charge in [0.15, 0.2) is 11.8 Å². The van der Waals surface area contributed by atoms with Crippen LogP contribution < -0.4 is 10.6 Å². The van der Waals surface area contributed by atoms with Gasteiger partial charge in [0.1, 0.15) is 0 Å². The van der Waals surface area contributed by atoms with Crippen LogP contribution in [0, 0.1) is 0 Å². The second kappa shape index (κ2) is 10.4. The van der Waals surface area contributed by atoms with Gasteiger partial charge in [-0.2, -0.15) is 4.98 Å². The molecular formula is C23H29N5O. The van der Waals surface area contributed by atoms with Crippen molar-refractivity contribution in [3.05, 3.63) is 83.5 Å². The van der Waals surface area contributed by atoms with Gasteiger partial charge in [0.2, 0.25) is 5.89 Å². The minimum absolute atomic E-state index is 0.237. The van der Waals surface area contributed by atoms with Crippen LogP contribution in [0.25, 0.3) is 0 Å². The van der Waals surface area contributed by atoms with E-state index in [1.54, 1.807) is 7.05 Å². The third-order valence-corrected chi connectivity index (χ3v) is 4.73. The number of aliphatic imine (C=N–C) groups is 1. The van der Waals surface area contributed by atoms with Crippen molar-refractivity contribution in [2.24, 2.45) is 4.99 Å². The van der Waals surface area contributed by atoms with Crippen molar-refractivity contribution in [2.75, 3.05) is 20.1 Å². The molecule has 3 aromatic rings. The Kier molecular flexibility index (Phi) is 7.39. The summed E-state index contributed by atoms with van der Waals surface area (Å²) < 4.78 is 5.29. The van der Waals surface area contributed by atoms with Crippen LogP contribution in [0.3, 0.4) is 0 Å². The molecule has 0 spiro atoms. The highest BCUT2D eigenvalue weighted by molar-refractivity contribution is 5.79. The summed E-state index contributed by atoms with van der Waals surface area (Å²) in [5.41, 5.74) is 2.54. The fourth-order valence-corrected chi connectivity index (χ4v) is 3.11. The van der Waals surface area contributed by atoms with E-state index in [0.29, 0.717) is 18.9 Å². The minimum atomic E-state index is 0.237. The summed E-state index contributed by atoms with van der Waals surface area (Å²) in [5, 5.41) is 10.8. The smallest absolute Gasteiger partial charge is 0.228 e. The number of aromatic nitrogens is 2. The van der Waals surface area contributed by atoms with Gasteiger partial charge < -0.3 is 15.2 Å². The van der Waals surface area contributed by atoms with Crippen LogP contribution in [0.1, 0.15) is 48.5 Å². The number of hydrogen-bond acceptors (Lipinski definition) is 4. The van der Waals surface area contributed by atoms with Gasteiger partial charge in [0.05, 0.1) is 0 Å². The lowest BCUT2D eigenvalue weighted by atomic mass is 9.91. The second-order valence-electron chi connectivity index (χ2n) is 7.20. The number of rotatable bonds is 8. The lowest BCUT2D eigenvalue weighted by Crippen LogP contribution is -2.40. The molecule has 0 saturated carbocycles. The molecule has 0 bridgehead atoms. The summed E-state index contributed by atoms with van der Waals surface area (Å²) in [6.07, 6.45) is 0.654. The largest absolute Gasteiger partial charge is 0.356 e. The Morgan fingerprint density at radius 3 is 2.10 bits per heavy atom. The maximum absolute atomic E-state index is 5.29. The van der Waals surface area contributed by atoms with E-state index in [2.05, 4.69) is 88.1 Å². The molecule has 0 aliphatic heterocycles. The van der Waals surface area contributed by atoms with Crippen LogP contribution in [-0.2, 0) is 6.42 Å². The lowest BCUT2D eigenvalue weighted by Gasteiger charge is -2.20. The van der Waals surface area contributed by atoms with Gasteiger partial charge in [-0.3, -0.25) is 4.99 Å². The van der Waals surface area contributed by atoms with Crippen molar-refractivity contribution in [1.82, 2.24) is 20.8 Å². The quantitative estimate of drug-likeness (QED) is 0.452. The predicted molar refractivity (Wildman–Crippen MR) is 116 cm³/mol. The molecule has 152 valence electrons. The molecular weight excluding hydrogens is 362 g/mol. The topological polar surface area (TPSA) is 75.3 Å². The summed E-state index contributed by atoms with van der Waals surface area (Å²) in [7, 11) is 1.78. The normalized spacial score (nSPS) is 11.8. The zero-order chi connectivity index (χ0) is 20.5. The summed E-state index contributed by atoms with van der Waals surface area (Å²) in [6, 6.07) is 21.1. The molecule has 1 heterocycles. The van der Waals surface area contributed by atoms with Crippen molar-refractivity contribution >= 4 is 5.96 Å². The Labute approximate surface area is 172 Å². The summed E-state index contributed by atoms with van der Waals surface area (Å²) >= 11 is 0. The second-order valence-corrected chi connectivity index (χ2v) is 7.20. The first-order valence-electron chi connectivity index (χ1n) is 10.0. The number of benzene rings is 2. The molecule has 0 atom stereocenters. The van der Waals surface area contributed by atoms with Crippen LogP contribution in [0.5, 0.6) is 0 Å². The molecule has 0 aliphatic carbocycles. The third-order valence-electron chi connectivity index (χ3n) is 4.73. The highest BCUT2D eigenvalue weighted by Crippen LogP contribution is 2.23. The average Bonchev–Trinajstić information content (AvgIpc) is 3.23. The predicted octanol–water partition coefficient (Wildman–Crippen LogP) is 3.73. The molecule has 2 N–H and O–H groups in total. The zero-order valence-electron chi connectivity index (χ0n) is 17.3. The van der Waals surface area contributed by atoms with E-state index in [1.807, 2.05) is 12.1 Å². The monoisotopic (exact) mass is 391 g/mol.